The van der Waals surface area contributed by atoms with Crippen molar-refractivity contribution >= 4 is 5.78 Å². The first-order valence-electron chi connectivity index (χ1n) is 9.36. The van der Waals surface area contributed by atoms with E-state index in [1.54, 1.807) is 0 Å². The van der Waals surface area contributed by atoms with Gasteiger partial charge in [0, 0.05) is 12.3 Å². The molecule has 2 aliphatic carbocycles. The lowest BCUT2D eigenvalue weighted by Gasteiger charge is -2.43. The molecular formula is C21H36O. The Labute approximate surface area is 137 Å². The second-order valence-electron chi connectivity index (χ2n) is 9.28. The molecule has 1 nitrogen and oxygen atoms in total. The van der Waals surface area contributed by atoms with Gasteiger partial charge >= 0.3 is 0 Å². The molecule has 0 aliphatic heterocycles. The average Bonchev–Trinajstić information content (AvgIpc) is 2.76. The van der Waals surface area contributed by atoms with Crippen LogP contribution in [0.5, 0.6) is 0 Å². The third kappa shape index (κ3) is 3.49. The van der Waals surface area contributed by atoms with E-state index >= 15 is 0 Å². The quantitative estimate of drug-likeness (QED) is 0.547. The molecule has 126 valence electrons. The smallest absolute Gasteiger partial charge is 0.136 e. The molecule has 0 radical (unpaired) electrons. The van der Waals surface area contributed by atoms with Gasteiger partial charge in [0.25, 0.3) is 0 Å². The lowest BCUT2D eigenvalue weighted by Crippen LogP contribution is -2.39. The van der Waals surface area contributed by atoms with Crippen LogP contribution >= 0.6 is 0 Å². The van der Waals surface area contributed by atoms with Gasteiger partial charge in [-0.3, -0.25) is 4.79 Å². The fourth-order valence-electron chi connectivity index (χ4n) is 5.77. The van der Waals surface area contributed by atoms with Crippen molar-refractivity contribution in [3.05, 3.63) is 12.7 Å². The van der Waals surface area contributed by atoms with Crippen LogP contribution in [0.15, 0.2) is 12.7 Å². The minimum Gasteiger partial charge on any atom is -0.299 e. The number of hydrogen-bond donors (Lipinski definition) is 0. The maximum Gasteiger partial charge on any atom is 0.136 e. The van der Waals surface area contributed by atoms with Crippen molar-refractivity contribution in [2.24, 2.45) is 34.5 Å². The summed E-state index contributed by atoms with van der Waals surface area (Å²) in [6, 6.07) is 0. The summed E-state index contributed by atoms with van der Waals surface area (Å²) in [5.41, 5.74) is 0.532. The minimum absolute atomic E-state index is 0.238. The first kappa shape index (κ1) is 17.8. The van der Waals surface area contributed by atoms with E-state index in [9.17, 15) is 4.79 Å². The minimum atomic E-state index is 0.238. The molecule has 5 atom stereocenters. The number of ketones is 1. The zero-order chi connectivity index (χ0) is 16.5. The van der Waals surface area contributed by atoms with Gasteiger partial charge in [-0.25, -0.2) is 0 Å². The first-order valence-corrected chi connectivity index (χ1v) is 9.36. The second-order valence-corrected chi connectivity index (χ2v) is 9.28. The molecule has 0 spiro atoms. The fraction of sp³-hybridized carbons (Fsp3) is 0.857. The van der Waals surface area contributed by atoms with E-state index in [1.807, 2.05) is 0 Å². The number of rotatable bonds is 6. The van der Waals surface area contributed by atoms with Crippen LogP contribution in [-0.4, -0.2) is 5.78 Å². The van der Waals surface area contributed by atoms with Crippen LogP contribution in [0.2, 0.25) is 0 Å². The number of carbonyl (C=O) groups excluding carboxylic acids is 1. The second kappa shape index (κ2) is 6.49. The van der Waals surface area contributed by atoms with Crippen molar-refractivity contribution in [2.45, 2.75) is 79.6 Å². The SMILES string of the molecule is C=CC(C)(C)CC(C)CC(C)C1CCC2C(=O)CCCC21C. The molecule has 0 aromatic carbocycles. The summed E-state index contributed by atoms with van der Waals surface area (Å²) < 4.78 is 0. The van der Waals surface area contributed by atoms with Crippen LogP contribution in [-0.2, 0) is 4.79 Å². The van der Waals surface area contributed by atoms with Crippen molar-refractivity contribution in [2.75, 3.05) is 0 Å². The summed E-state index contributed by atoms with van der Waals surface area (Å²) in [6.07, 6.45) is 10.2. The summed E-state index contributed by atoms with van der Waals surface area (Å²) in [5, 5.41) is 0. The summed E-state index contributed by atoms with van der Waals surface area (Å²) in [6.45, 7) is 15.8. The number of fused-ring (bicyclic) bond motifs is 1. The molecule has 2 fully saturated rings. The molecule has 22 heavy (non-hydrogen) atoms. The predicted molar refractivity (Wildman–Crippen MR) is 94.7 cm³/mol. The largest absolute Gasteiger partial charge is 0.299 e. The number of Topliss-reactive ketones (excluding diaryl/α,β-unsaturated/α-hetero) is 1. The highest BCUT2D eigenvalue weighted by atomic mass is 16.1. The molecule has 0 amide bonds. The summed E-state index contributed by atoms with van der Waals surface area (Å²) in [5.74, 6) is 3.13. The van der Waals surface area contributed by atoms with Gasteiger partial charge in [-0.2, -0.15) is 0 Å². The highest BCUT2D eigenvalue weighted by Crippen LogP contribution is 2.57. The molecule has 0 N–H and O–H groups in total. The number of carbonyl (C=O) groups is 1. The van der Waals surface area contributed by atoms with Crippen LogP contribution in [0.25, 0.3) is 0 Å². The van der Waals surface area contributed by atoms with Crippen molar-refractivity contribution < 1.29 is 4.79 Å². The molecule has 2 saturated carbocycles. The first-order chi connectivity index (χ1) is 10.2. The summed E-state index contributed by atoms with van der Waals surface area (Å²) in [4.78, 5) is 12.3. The van der Waals surface area contributed by atoms with Gasteiger partial charge in [0.2, 0.25) is 0 Å². The maximum absolute atomic E-state index is 12.3. The fourth-order valence-corrected chi connectivity index (χ4v) is 5.77. The molecule has 1 heteroatoms. The molecule has 2 aliphatic rings. The Morgan fingerprint density at radius 3 is 2.68 bits per heavy atom. The number of hydrogen-bond acceptors (Lipinski definition) is 1. The Bertz CT molecular complexity index is 422. The molecular weight excluding hydrogens is 268 g/mol. The zero-order valence-electron chi connectivity index (χ0n) is 15.5. The van der Waals surface area contributed by atoms with Crippen LogP contribution in [0.1, 0.15) is 79.6 Å². The van der Waals surface area contributed by atoms with Gasteiger partial charge < -0.3 is 0 Å². The Morgan fingerprint density at radius 1 is 1.36 bits per heavy atom. The topological polar surface area (TPSA) is 17.1 Å². The van der Waals surface area contributed by atoms with Gasteiger partial charge in [0.05, 0.1) is 0 Å². The Kier molecular flexibility index (Phi) is 5.24. The Hall–Kier alpha value is -0.590. The van der Waals surface area contributed by atoms with Crippen LogP contribution in [0.4, 0.5) is 0 Å². The molecule has 0 heterocycles. The highest BCUT2D eigenvalue weighted by molar-refractivity contribution is 5.83. The van der Waals surface area contributed by atoms with E-state index < -0.39 is 0 Å². The van der Waals surface area contributed by atoms with Crippen molar-refractivity contribution in [3.63, 3.8) is 0 Å². The monoisotopic (exact) mass is 304 g/mol. The van der Waals surface area contributed by atoms with Crippen LogP contribution in [0, 0.1) is 34.5 Å². The molecule has 0 aromatic heterocycles. The van der Waals surface area contributed by atoms with E-state index in [4.69, 9.17) is 0 Å². The third-order valence-electron chi connectivity index (χ3n) is 6.82. The maximum atomic E-state index is 12.3. The van der Waals surface area contributed by atoms with Crippen molar-refractivity contribution in [3.8, 4) is 0 Å². The van der Waals surface area contributed by atoms with Gasteiger partial charge in [-0.1, -0.05) is 40.7 Å². The zero-order valence-corrected chi connectivity index (χ0v) is 15.5. The van der Waals surface area contributed by atoms with Gasteiger partial charge in [-0.05, 0) is 67.1 Å². The molecule has 2 rings (SSSR count). The molecule has 5 unspecified atom stereocenters. The summed E-state index contributed by atoms with van der Waals surface area (Å²) >= 11 is 0. The van der Waals surface area contributed by atoms with E-state index in [1.165, 1.54) is 25.7 Å². The standard InChI is InChI=1S/C21H36O/c1-7-20(4,5)14-15(2)13-16(3)17-10-11-18-19(22)9-8-12-21(17,18)6/h7,15-18H,1,8-14H2,2-6H3. The number of allylic oxidation sites excluding steroid dienone is 1. The van der Waals surface area contributed by atoms with E-state index in [0.29, 0.717) is 17.1 Å². The Balaban J connectivity index is 1.99. The van der Waals surface area contributed by atoms with Gasteiger partial charge in [0.1, 0.15) is 5.78 Å². The van der Waals surface area contributed by atoms with Gasteiger partial charge in [0.15, 0.2) is 0 Å². The molecule has 0 aromatic rings. The Morgan fingerprint density at radius 2 is 2.05 bits per heavy atom. The van der Waals surface area contributed by atoms with Crippen LogP contribution < -0.4 is 0 Å². The molecule has 0 saturated heterocycles. The highest BCUT2D eigenvalue weighted by Gasteiger charge is 2.52. The van der Waals surface area contributed by atoms with Crippen molar-refractivity contribution in [1.29, 1.82) is 0 Å². The van der Waals surface area contributed by atoms with E-state index in [-0.39, 0.29) is 5.41 Å². The van der Waals surface area contributed by atoms with E-state index in [2.05, 4.69) is 47.3 Å². The molecule has 0 bridgehead atoms. The van der Waals surface area contributed by atoms with Crippen LogP contribution in [0.3, 0.4) is 0 Å². The lowest BCUT2D eigenvalue weighted by atomic mass is 9.61. The average molecular weight is 305 g/mol. The summed E-state index contributed by atoms with van der Waals surface area (Å²) in [7, 11) is 0. The van der Waals surface area contributed by atoms with E-state index in [0.717, 1.165) is 37.0 Å². The van der Waals surface area contributed by atoms with Crippen molar-refractivity contribution in [1.82, 2.24) is 0 Å². The predicted octanol–water partition coefficient (Wildman–Crippen LogP) is 6.04. The lowest BCUT2D eigenvalue weighted by molar-refractivity contribution is -0.130. The third-order valence-corrected chi connectivity index (χ3v) is 6.82. The van der Waals surface area contributed by atoms with Gasteiger partial charge in [-0.15, -0.1) is 6.58 Å². The normalized spacial score (nSPS) is 35.0.